The van der Waals surface area contributed by atoms with Gasteiger partial charge in [-0.3, -0.25) is 0 Å². The molecular weight excluding hydrogens is 348 g/mol. The highest BCUT2D eigenvalue weighted by Crippen LogP contribution is 2.44. The molecule has 7 heteroatoms. The van der Waals surface area contributed by atoms with Gasteiger partial charge in [0.1, 0.15) is 11.4 Å². The van der Waals surface area contributed by atoms with Crippen molar-refractivity contribution < 1.29 is 9.47 Å². The Morgan fingerprint density at radius 1 is 1.00 bits per heavy atom. The number of thiophene rings is 1. The summed E-state index contributed by atoms with van der Waals surface area (Å²) in [5.74, 6) is 1.85. The van der Waals surface area contributed by atoms with Gasteiger partial charge in [0, 0.05) is 37.3 Å². The molecule has 2 fully saturated rings. The largest absolute Gasteiger partial charge is 0.378 e. The molecule has 3 aliphatic heterocycles. The molecule has 2 aromatic heterocycles. The van der Waals surface area contributed by atoms with E-state index in [4.69, 9.17) is 14.5 Å². The molecule has 0 unspecified atom stereocenters. The maximum absolute atomic E-state index is 6.32. The van der Waals surface area contributed by atoms with Gasteiger partial charge in [-0.25, -0.2) is 4.98 Å². The van der Waals surface area contributed by atoms with Crippen molar-refractivity contribution in [2.45, 2.75) is 24.9 Å². The third kappa shape index (κ3) is 2.88. The third-order valence-corrected chi connectivity index (χ3v) is 6.87. The van der Waals surface area contributed by atoms with Crippen LogP contribution >= 0.6 is 11.3 Å². The average molecular weight is 372 g/mol. The van der Waals surface area contributed by atoms with Gasteiger partial charge in [0.25, 0.3) is 0 Å². The first-order valence-electron chi connectivity index (χ1n) is 9.46. The highest BCUT2D eigenvalue weighted by atomic mass is 32.1. The van der Waals surface area contributed by atoms with E-state index in [1.807, 2.05) is 23.6 Å². The molecule has 0 atom stereocenters. The Morgan fingerprint density at radius 2 is 1.85 bits per heavy atom. The fourth-order valence-corrected chi connectivity index (χ4v) is 5.42. The molecule has 6 nitrogen and oxygen atoms in total. The van der Waals surface area contributed by atoms with Crippen LogP contribution in [0.3, 0.4) is 0 Å². The number of morpholine rings is 1. The zero-order valence-electron chi connectivity index (χ0n) is 14.9. The van der Waals surface area contributed by atoms with Crippen LogP contribution in [0.15, 0.2) is 23.7 Å². The number of anilines is 2. The van der Waals surface area contributed by atoms with Crippen molar-refractivity contribution in [3.63, 3.8) is 0 Å². The third-order valence-electron chi connectivity index (χ3n) is 5.73. The molecule has 2 saturated heterocycles. The summed E-state index contributed by atoms with van der Waals surface area (Å²) < 4.78 is 11.8. The number of rotatable bonds is 2. The molecule has 0 radical (unpaired) electrons. The van der Waals surface area contributed by atoms with Crippen LogP contribution in [0.5, 0.6) is 0 Å². The van der Waals surface area contributed by atoms with Crippen LogP contribution in [0.25, 0.3) is 0 Å². The molecule has 0 saturated carbocycles. The Labute approximate surface area is 157 Å². The van der Waals surface area contributed by atoms with E-state index in [1.54, 1.807) is 0 Å². The van der Waals surface area contributed by atoms with Crippen molar-refractivity contribution in [1.29, 1.82) is 0 Å². The second kappa shape index (κ2) is 6.79. The van der Waals surface area contributed by atoms with E-state index >= 15 is 0 Å². The number of ether oxygens (including phenoxy) is 2. The number of aromatic nitrogens is 2. The minimum absolute atomic E-state index is 0.0833. The molecule has 5 rings (SSSR count). The van der Waals surface area contributed by atoms with Crippen molar-refractivity contribution in [2.75, 3.05) is 55.8 Å². The standard InChI is InChI=1S/C19H24N4O2S/c1-6-20-18(21-16(1)22-9-12-24-13-10-22)23-7-4-19(5-8-23)17-15(2-11-25-19)3-14-26-17/h1,3,6,14H,2,4-5,7-13H2. The molecule has 3 aliphatic rings. The monoisotopic (exact) mass is 372 g/mol. The molecule has 0 aliphatic carbocycles. The summed E-state index contributed by atoms with van der Waals surface area (Å²) in [5.41, 5.74) is 1.40. The quantitative estimate of drug-likeness (QED) is 0.807. The molecule has 0 amide bonds. The van der Waals surface area contributed by atoms with Gasteiger partial charge < -0.3 is 19.3 Å². The van der Waals surface area contributed by atoms with Crippen LogP contribution in [-0.4, -0.2) is 56.0 Å². The summed E-state index contributed by atoms with van der Waals surface area (Å²) >= 11 is 1.86. The number of hydrogen-bond donors (Lipinski definition) is 0. The summed E-state index contributed by atoms with van der Waals surface area (Å²) in [7, 11) is 0. The summed E-state index contributed by atoms with van der Waals surface area (Å²) in [5, 5.41) is 2.21. The Bertz CT molecular complexity index is 766. The first-order chi connectivity index (χ1) is 12.8. The van der Waals surface area contributed by atoms with Crippen LogP contribution in [0.2, 0.25) is 0 Å². The van der Waals surface area contributed by atoms with Gasteiger partial charge in [-0.05, 0) is 42.3 Å². The molecule has 26 heavy (non-hydrogen) atoms. The van der Waals surface area contributed by atoms with Crippen molar-refractivity contribution in [3.05, 3.63) is 34.2 Å². The topological polar surface area (TPSA) is 50.7 Å². The highest BCUT2D eigenvalue weighted by Gasteiger charge is 2.42. The maximum Gasteiger partial charge on any atom is 0.227 e. The van der Waals surface area contributed by atoms with E-state index in [0.29, 0.717) is 0 Å². The summed E-state index contributed by atoms with van der Waals surface area (Å²) in [6.07, 6.45) is 4.94. The zero-order chi connectivity index (χ0) is 17.4. The van der Waals surface area contributed by atoms with Gasteiger partial charge in [0.15, 0.2) is 0 Å². The fraction of sp³-hybridized carbons (Fsp3) is 0.579. The van der Waals surface area contributed by atoms with Crippen molar-refractivity contribution in [1.82, 2.24) is 9.97 Å². The van der Waals surface area contributed by atoms with Gasteiger partial charge in [0.05, 0.1) is 19.8 Å². The van der Waals surface area contributed by atoms with Crippen LogP contribution in [0, 0.1) is 0 Å². The second-order valence-corrected chi connectivity index (χ2v) is 8.09. The van der Waals surface area contributed by atoms with Crippen LogP contribution in [0.4, 0.5) is 11.8 Å². The number of fused-ring (bicyclic) bond motifs is 2. The molecule has 0 N–H and O–H groups in total. The lowest BCUT2D eigenvalue weighted by Gasteiger charge is -2.43. The number of hydrogen-bond acceptors (Lipinski definition) is 7. The van der Waals surface area contributed by atoms with Crippen LogP contribution < -0.4 is 9.80 Å². The Kier molecular flexibility index (Phi) is 4.30. The molecular formula is C19H24N4O2S. The Balaban J connectivity index is 1.32. The van der Waals surface area contributed by atoms with Gasteiger partial charge in [-0.2, -0.15) is 4.98 Å². The predicted molar refractivity (Wildman–Crippen MR) is 102 cm³/mol. The number of nitrogens with zero attached hydrogens (tertiary/aromatic N) is 4. The first-order valence-corrected chi connectivity index (χ1v) is 10.3. The van der Waals surface area contributed by atoms with Crippen LogP contribution in [0.1, 0.15) is 23.3 Å². The summed E-state index contributed by atoms with van der Waals surface area (Å²) in [6.45, 7) is 6.04. The van der Waals surface area contributed by atoms with Gasteiger partial charge in [0.2, 0.25) is 5.95 Å². The minimum atomic E-state index is -0.0833. The van der Waals surface area contributed by atoms with Crippen molar-refractivity contribution in [3.8, 4) is 0 Å². The normalized spacial score (nSPS) is 22.5. The van der Waals surface area contributed by atoms with Crippen molar-refractivity contribution >= 4 is 23.1 Å². The minimum Gasteiger partial charge on any atom is -0.378 e. The molecule has 0 bridgehead atoms. The van der Waals surface area contributed by atoms with E-state index in [0.717, 1.165) is 77.0 Å². The fourth-order valence-electron chi connectivity index (χ4n) is 4.25. The summed E-state index contributed by atoms with van der Waals surface area (Å²) in [4.78, 5) is 15.4. The number of piperidine rings is 1. The lowest BCUT2D eigenvalue weighted by atomic mass is 9.85. The summed E-state index contributed by atoms with van der Waals surface area (Å²) in [6, 6.07) is 4.27. The molecule has 5 heterocycles. The van der Waals surface area contributed by atoms with Gasteiger partial charge in [-0.15, -0.1) is 11.3 Å². The SMILES string of the molecule is c1cc(N2CCOCC2)nc(N2CCC3(CC2)OCCc2ccsc23)n1. The van der Waals surface area contributed by atoms with E-state index in [2.05, 4.69) is 26.2 Å². The van der Waals surface area contributed by atoms with Crippen molar-refractivity contribution in [2.24, 2.45) is 0 Å². The van der Waals surface area contributed by atoms with E-state index < -0.39 is 0 Å². The van der Waals surface area contributed by atoms with E-state index in [9.17, 15) is 0 Å². The lowest BCUT2D eigenvalue weighted by molar-refractivity contribution is -0.0736. The molecule has 1 spiro atoms. The smallest absolute Gasteiger partial charge is 0.227 e. The highest BCUT2D eigenvalue weighted by molar-refractivity contribution is 7.10. The molecule has 0 aromatic carbocycles. The zero-order valence-corrected chi connectivity index (χ0v) is 15.7. The Hall–Kier alpha value is -1.70. The predicted octanol–water partition coefficient (Wildman–Crippen LogP) is 2.44. The Morgan fingerprint density at radius 3 is 2.69 bits per heavy atom. The second-order valence-electron chi connectivity index (χ2n) is 7.17. The maximum atomic E-state index is 6.32. The van der Waals surface area contributed by atoms with Gasteiger partial charge >= 0.3 is 0 Å². The van der Waals surface area contributed by atoms with E-state index in [-0.39, 0.29) is 5.60 Å². The van der Waals surface area contributed by atoms with Gasteiger partial charge in [-0.1, -0.05) is 0 Å². The average Bonchev–Trinajstić information content (AvgIpc) is 3.20. The van der Waals surface area contributed by atoms with Crippen LogP contribution in [-0.2, 0) is 21.5 Å². The first kappa shape index (κ1) is 16.5. The molecule has 2 aromatic rings. The van der Waals surface area contributed by atoms with E-state index in [1.165, 1.54) is 10.4 Å². The lowest BCUT2D eigenvalue weighted by Crippen LogP contribution is -2.46. The molecule has 138 valence electrons.